The predicted octanol–water partition coefficient (Wildman–Crippen LogP) is 3.41. The molecular formula is C16H18F2N2. The van der Waals surface area contributed by atoms with Crippen molar-refractivity contribution in [2.45, 2.75) is 25.8 Å². The maximum Gasteiger partial charge on any atom is 0.159 e. The van der Waals surface area contributed by atoms with Crippen molar-refractivity contribution >= 4 is 0 Å². The second kappa shape index (κ2) is 6.59. The van der Waals surface area contributed by atoms with E-state index in [1.807, 2.05) is 6.92 Å². The maximum absolute atomic E-state index is 13.2. The maximum atomic E-state index is 13.2. The molecular weight excluding hydrogens is 258 g/mol. The van der Waals surface area contributed by atoms with Crippen LogP contribution in [0.2, 0.25) is 0 Å². The zero-order valence-corrected chi connectivity index (χ0v) is 11.4. The van der Waals surface area contributed by atoms with Crippen LogP contribution >= 0.6 is 0 Å². The molecule has 4 heteroatoms. The van der Waals surface area contributed by atoms with Gasteiger partial charge in [-0.1, -0.05) is 35.9 Å². The normalized spacial score (nSPS) is 12.4. The van der Waals surface area contributed by atoms with E-state index in [1.54, 1.807) is 6.07 Å². The summed E-state index contributed by atoms with van der Waals surface area (Å²) in [5, 5.41) is 0. The fraction of sp³-hybridized carbons (Fsp3) is 0.250. The fourth-order valence-electron chi connectivity index (χ4n) is 2.14. The Morgan fingerprint density at radius 1 is 1.05 bits per heavy atom. The first-order valence-corrected chi connectivity index (χ1v) is 6.57. The second-order valence-corrected chi connectivity index (χ2v) is 4.92. The zero-order chi connectivity index (χ0) is 14.5. The van der Waals surface area contributed by atoms with Crippen LogP contribution in [-0.4, -0.2) is 0 Å². The second-order valence-electron chi connectivity index (χ2n) is 4.92. The molecule has 0 heterocycles. The van der Waals surface area contributed by atoms with Gasteiger partial charge >= 0.3 is 0 Å². The highest BCUT2D eigenvalue weighted by Crippen LogP contribution is 2.20. The summed E-state index contributed by atoms with van der Waals surface area (Å²) in [5.74, 6) is 3.82. The first-order valence-electron chi connectivity index (χ1n) is 6.57. The molecule has 106 valence electrons. The summed E-state index contributed by atoms with van der Waals surface area (Å²) < 4.78 is 26.2. The topological polar surface area (TPSA) is 38.0 Å². The lowest BCUT2D eigenvalue weighted by Crippen LogP contribution is -2.28. The predicted molar refractivity (Wildman–Crippen MR) is 75.9 cm³/mol. The third-order valence-corrected chi connectivity index (χ3v) is 3.39. The summed E-state index contributed by atoms with van der Waals surface area (Å²) in [4.78, 5) is 0. The molecule has 2 nitrogen and oxygen atoms in total. The number of hydrogen-bond donors (Lipinski definition) is 2. The van der Waals surface area contributed by atoms with E-state index in [9.17, 15) is 8.78 Å². The lowest BCUT2D eigenvalue weighted by Gasteiger charge is -2.16. The molecule has 0 fully saturated rings. The van der Waals surface area contributed by atoms with Crippen LogP contribution in [0.1, 0.15) is 29.2 Å². The van der Waals surface area contributed by atoms with Crippen molar-refractivity contribution < 1.29 is 8.78 Å². The van der Waals surface area contributed by atoms with Crippen molar-refractivity contribution in [2.24, 2.45) is 5.84 Å². The first kappa shape index (κ1) is 14.6. The number of halogens is 2. The van der Waals surface area contributed by atoms with Crippen molar-refractivity contribution in [1.82, 2.24) is 5.43 Å². The molecule has 0 aliphatic rings. The highest BCUT2D eigenvalue weighted by Gasteiger charge is 2.12. The number of nitrogens with one attached hydrogen (secondary N) is 1. The Kier molecular flexibility index (Phi) is 4.82. The summed E-state index contributed by atoms with van der Waals surface area (Å²) in [6.45, 7) is 2.04. The molecule has 3 N–H and O–H groups in total. The van der Waals surface area contributed by atoms with Crippen LogP contribution in [0.15, 0.2) is 42.5 Å². The van der Waals surface area contributed by atoms with Gasteiger partial charge in [-0.3, -0.25) is 11.3 Å². The Morgan fingerprint density at radius 2 is 1.75 bits per heavy atom. The average Bonchev–Trinajstić information content (AvgIpc) is 2.45. The van der Waals surface area contributed by atoms with Crippen LogP contribution in [0.3, 0.4) is 0 Å². The molecule has 0 aliphatic carbocycles. The molecule has 2 rings (SSSR count). The van der Waals surface area contributed by atoms with E-state index < -0.39 is 11.6 Å². The minimum Gasteiger partial charge on any atom is -0.271 e. The molecule has 0 aliphatic heterocycles. The Bertz CT molecular complexity index is 567. The van der Waals surface area contributed by atoms with Crippen molar-refractivity contribution in [2.75, 3.05) is 0 Å². The zero-order valence-electron chi connectivity index (χ0n) is 11.4. The van der Waals surface area contributed by atoms with Gasteiger partial charge in [0.15, 0.2) is 11.6 Å². The molecule has 1 unspecified atom stereocenters. The molecule has 0 spiro atoms. The van der Waals surface area contributed by atoms with Crippen LogP contribution in [0.4, 0.5) is 8.78 Å². The van der Waals surface area contributed by atoms with E-state index in [0.29, 0.717) is 12.0 Å². The Hall–Kier alpha value is -1.78. The number of benzene rings is 2. The Morgan fingerprint density at radius 3 is 2.35 bits per heavy atom. The number of hydrogen-bond acceptors (Lipinski definition) is 2. The molecule has 1 atom stereocenters. The minimum absolute atomic E-state index is 0.202. The van der Waals surface area contributed by atoms with Crippen LogP contribution in [-0.2, 0) is 6.42 Å². The molecule has 0 aromatic heterocycles. The summed E-state index contributed by atoms with van der Waals surface area (Å²) >= 11 is 0. The van der Waals surface area contributed by atoms with Gasteiger partial charge in [0.1, 0.15) is 0 Å². The van der Waals surface area contributed by atoms with E-state index in [0.717, 1.165) is 12.5 Å². The van der Waals surface area contributed by atoms with Gasteiger partial charge in [-0.2, -0.15) is 0 Å². The molecule has 2 aromatic rings. The van der Waals surface area contributed by atoms with Crippen molar-refractivity contribution in [3.63, 3.8) is 0 Å². The fourth-order valence-corrected chi connectivity index (χ4v) is 2.14. The standard InChI is InChI=1S/C16H18F2N2/c1-11-2-4-12(5-3-11)6-9-16(20-19)13-7-8-14(17)15(18)10-13/h2-5,7-8,10,16,20H,6,9,19H2,1H3. The third kappa shape index (κ3) is 3.62. The molecule has 0 saturated carbocycles. The molecule has 0 amide bonds. The highest BCUT2D eigenvalue weighted by molar-refractivity contribution is 5.24. The smallest absolute Gasteiger partial charge is 0.159 e. The van der Waals surface area contributed by atoms with E-state index in [4.69, 9.17) is 5.84 Å². The number of hydrazine groups is 1. The average molecular weight is 276 g/mol. The SMILES string of the molecule is Cc1ccc(CCC(NN)c2ccc(F)c(F)c2)cc1. The van der Waals surface area contributed by atoms with E-state index in [2.05, 4.69) is 29.7 Å². The quantitative estimate of drug-likeness (QED) is 0.649. The lowest BCUT2D eigenvalue weighted by atomic mass is 9.99. The first-order chi connectivity index (χ1) is 9.60. The number of rotatable bonds is 5. The van der Waals surface area contributed by atoms with E-state index in [-0.39, 0.29) is 6.04 Å². The van der Waals surface area contributed by atoms with Crippen molar-refractivity contribution in [3.05, 3.63) is 70.8 Å². The minimum atomic E-state index is -0.849. The molecule has 0 radical (unpaired) electrons. The summed E-state index contributed by atoms with van der Waals surface area (Å²) in [6, 6.07) is 11.9. The monoisotopic (exact) mass is 276 g/mol. The van der Waals surface area contributed by atoms with E-state index >= 15 is 0 Å². The van der Waals surface area contributed by atoms with Crippen LogP contribution in [0.25, 0.3) is 0 Å². The van der Waals surface area contributed by atoms with Crippen molar-refractivity contribution in [3.8, 4) is 0 Å². The molecule has 20 heavy (non-hydrogen) atoms. The van der Waals surface area contributed by atoms with Gasteiger partial charge in [-0.25, -0.2) is 8.78 Å². The summed E-state index contributed by atoms with van der Waals surface area (Å²) in [5.41, 5.74) is 5.71. The summed E-state index contributed by atoms with van der Waals surface area (Å²) in [7, 11) is 0. The van der Waals surface area contributed by atoms with Gasteiger partial charge in [0, 0.05) is 6.04 Å². The molecule has 0 bridgehead atoms. The van der Waals surface area contributed by atoms with Gasteiger partial charge in [0.2, 0.25) is 0 Å². The van der Waals surface area contributed by atoms with Gasteiger partial charge in [-0.05, 0) is 43.0 Å². The Balaban J connectivity index is 2.05. The summed E-state index contributed by atoms with van der Waals surface area (Å²) in [6.07, 6.45) is 1.53. The molecule has 2 aromatic carbocycles. The largest absolute Gasteiger partial charge is 0.271 e. The lowest BCUT2D eigenvalue weighted by molar-refractivity contribution is 0.488. The van der Waals surface area contributed by atoms with Crippen LogP contribution in [0.5, 0.6) is 0 Å². The highest BCUT2D eigenvalue weighted by atomic mass is 19.2. The van der Waals surface area contributed by atoms with Gasteiger partial charge in [0.05, 0.1) is 0 Å². The number of nitrogens with two attached hydrogens (primary N) is 1. The van der Waals surface area contributed by atoms with Crippen LogP contribution < -0.4 is 11.3 Å². The Labute approximate surface area is 117 Å². The van der Waals surface area contributed by atoms with Crippen molar-refractivity contribution in [1.29, 1.82) is 0 Å². The van der Waals surface area contributed by atoms with E-state index in [1.165, 1.54) is 17.2 Å². The number of aryl methyl sites for hydroxylation is 2. The van der Waals surface area contributed by atoms with Crippen LogP contribution in [0, 0.1) is 18.6 Å². The van der Waals surface area contributed by atoms with Gasteiger partial charge in [0.25, 0.3) is 0 Å². The third-order valence-electron chi connectivity index (χ3n) is 3.39. The van der Waals surface area contributed by atoms with Gasteiger partial charge in [-0.15, -0.1) is 0 Å². The van der Waals surface area contributed by atoms with Gasteiger partial charge < -0.3 is 0 Å². The molecule has 0 saturated heterocycles.